The molecule has 1 N–H and O–H groups in total. The van der Waals surface area contributed by atoms with Crippen molar-refractivity contribution in [3.05, 3.63) is 35.9 Å². The third-order valence-electron chi connectivity index (χ3n) is 4.11. The van der Waals surface area contributed by atoms with Crippen molar-refractivity contribution in [1.82, 2.24) is 10.2 Å². The highest BCUT2D eigenvalue weighted by atomic mass is 19.1. The van der Waals surface area contributed by atoms with Crippen LogP contribution in [0.4, 0.5) is 4.39 Å². The Kier molecular flexibility index (Phi) is 4.30. The molecule has 4 nitrogen and oxygen atoms in total. The highest BCUT2D eigenvalue weighted by Gasteiger charge is 2.50. The van der Waals surface area contributed by atoms with Crippen LogP contribution in [0, 0.1) is 5.92 Å². The Hall–Kier alpha value is -1.91. The standard InChI is InChI=1S/C16H21FN2O2/c1-11(2)13-14(20)19(10-9-17)16(3,15(21)18-13)12-7-5-4-6-8-12/h4-8,11,13H,9-10H2,1-3H3,(H,18,21). The summed E-state index contributed by atoms with van der Waals surface area (Å²) in [5.74, 6) is -0.530. The van der Waals surface area contributed by atoms with Gasteiger partial charge in [0, 0.05) is 0 Å². The molecule has 114 valence electrons. The largest absolute Gasteiger partial charge is 0.342 e. The van der Waals surface area contributed by atoms with E-state index in [-0.39, 0.29) is 24.3 Å². The molecule has 1 fully saturated rings. The number of benzene rings is 1. The molecular formula is C16H21FN2O2. The average molecular weight is 292 g/mol. The number of nitrogens with zero attached hydrogens (tertiary/aromatic N) is 1. The smallest absolute Gasteiger partial charge is 0.251 e. The second-order valence-corrected chi connectivity index (χ2v) is 5.81. The zero-order valence-corrected chi connectivity index (χ0v) is 12.6. The Morgan fingerprint density at radius 2 is 1.90 bits per heavy atom. The molecule has 2 rings (SSSR count). The summed E-state index contributed by atoms with van der Waals surface area (Å²) in [7, 11) is 0. The number of rotatable bonds is 4. The molecule has 5 heteroatoms. The highest BCUT2D eigenvalue weighted by Crippen LogP contribution is 2.33. The molecule has 1 heterocycles. The lowest BCUT2D eigenvalue weighted by atomic mass is 9.84. The van der Waals surface area contributed by atoms with Crippen LogP contribution in [0.2, 0.25) is 0 Å². The van der Waals surface area contributed by atoms with E-state index in [4.69, 9.17) is 0 Å². The van der Waals surface area contributed by atoms with Crippen molar-refractivity contribution in [3.63, 3.8) is 0 Å². The van der Waals surface area contributed by atoms with Crippen molar-refractivity contribution in [2.75, 3.05) is 13.2 Å². The van der Waals surface area contributed by atoms with E-state index in [2.05, 4.69) is 5.32 Å². The molecule has 0 spiro atoms. The van der Waals surface area contributed by atoms with Crippen LogP contribution >= 0.6 is 0 Å². The number of piperazine rings is 1. The van der Waals surface area contributed by atoms with Gasteiger partial charge in [-0.25, -0.2) is 4.39 Å². The first-order valence-corrected chi connectivity index (χ1v) is 7.17. The molecule has 0 bridgehead atoms. The van der Waals surface area contributed by atoms with Gasteiger partial charge < -0.3 is 10.2 Å². The van der Waals surface area contributed by atoms with Gasteiger partial charge in [-0.05, 0) is 18.4 Å². The van der Waals surface area contributed by atoms with E-state index in [1.54, 1.807) is 31.2 Å². The lowest BCUT2D eigenvalue weighted by Crippen LogP contribution is -2.69. The molecule has 21 heavy (non-hydrogen) atoms. The molecular weight excluding hydrogens is 271 g/mol. The van der Waals surface area contributed by atoms with E-state index in [1.165, 1.54) is 4.90 Å². The molecule has 1 aromatic rings. The fourth-order valence-corrected chi connectivity index (χ4v) is 2.77. The minimum Gasteiger partial charge on any atom is -0.342 e. The van der Waals surface area contributed by atoms with E-state index in [0.29, 0.717) is 5.56 Å². The van der Waals surface area contributed by atoms with Gasteiger partial charge in [-0.1, -0.05) is 44.2 Å². The fourth-order valence-electron chi connectivity index (χ4n) is 2.77. The van der Waals surface area contributed by atoms with Crippen LogP contribution in [0.3, 0.4) is 0 Å². The number of alkyl halides is 1. The molecule has 1 aliphatic rings. The quantitative estimate of drug-likeness (QED) is 0.921. The summed E-state index contributed by atoms with van der Waals surface area (Å²) in [5, 5.41) is 2.79. The van der Waals surface area contributed by atoms with Gasteiger partial charge in [-0.3, -0.25) is 9.59 Å². The average Bonchev–Trinajstić information content (AvgIpc) is 2.48. The van der Waals surface area contributed by atoms with Crippen molar-refractivity contribution in [1.29, 1.82) is 0 Å². The Morgan fingerprint density at radius 1 is 1.29 bits per heavy atom. The lowest BCUT2D eigenvalue weighted by molar-refractivity contribution is -0.158. The molecule has 1 aliphatic heterocycles. The molecule has 0 saturated carbocycles. The molecule has 2 atom stereocenters. The van der Waals surface area contributed by atoms with Crippen LogP contribution < -0.4 is 5.32 Å². The van der Waals surface area contributed by atoms with Gasteiger partial charge in [0.15, 0.2) is 0 Å². The van der Waals surface area contributed by atoms with Crippen LogP contribution in [-0.4, -0.2) is 36.0 Å². The van der Waals surface area contributed by atoms with Crippen LogP contribution in [0.15, 0.2) is 30.3 Å². The third kappa shape index (κ3) is 2.52. The first kappa shape index (κ1) is 15.5. The second-order valence-electron chi connectivity index (χ2n) is 5.81. The number of carbonyl (C=O) groups is 2. The van der Waals surface area contributed by atoms with E-state index >= 15 is 0 Å². The van der Waals surface area contributed by atoms with Gasteiger partial charge in [0.25, 0.3) is 5.91 Å². The summed E-state index contributed by atoms with van der Waals surface area (Å²) in [4.78, 5) is 26.6. The molecule has 1 saturated heterocycles. The van der Waals surface area contributed by atoms with Crippen LogP contribution in [0.5, 0.6) is 0 Å². The number of halogens is 1. The molecule has 2 unspecified atom stereocenters. The van der Waals surface area contributed by atoms with Gasteiger partial charge in [0.05, 0.1) is 6.54 Å². The molecule has 0 aliphatic carbocycles. The summed E-state index contributed by atoms with van der Waals surface area (Å²) in [6, 6.07) is 8.43. The van der Waals surface area contributed by atoms with E-state index in [1.807, 2.05) is 19.9 Å². The van der Waals surface area contributed by atoms with Gasteiger partial charge in [-0.15, -0.1) is 0 Å². The predicted octanol–water partition coefficient (Wildman–Crippen LogP) is 1.85. The first-order chi connectivity index (χ1) is 9.92. The minimum atomic E-state index is -1.17. The van der Waals surface area contributed by atoms with Crippen molar-refractivity contribution < 1.29 is 14.0 Å². The zero-order chi connectivity index (χ0) is 15.6. The summed E-state index contributed by atoms with van der Waals surface area (Å²) >= 11 is 0. The van der Waals surface area contributed by atoms with E-state index < -0.39 is 18.3 Å². The predicted molar refractivity (Wildman–Crippen MR) is 78.3 cm³/mol. The highest BCUT2D eigenvalue weighted by molar-refractivity contribution is 6.00. The van der Waals surface area contributed by atoms with Crippen LogP contribution in [-0.2, 0) is 15.1 Å². The molecule has 2 amide bonds. The maximum atomic E-state index is 12.9. The van der Waals surface area contributed by atoms with Crippen molar-refractivity contribution in [2.24, 2.45) is 5.92 Å². The fraction of sp³-hybridized carbons (Fsp3) is 0.500. The topological polar surface area (TPSA) is 49.4 Å². The normalized spacial score (nSPS) is 26.1. The Bertz CT molecular complexity index is 532. The van der Waals surface area contributed by atoms with Crippen LogP contribution in [0.25, 0.3) is 0 Å². The van der Waals surface area contributed by atoms with Crippen molar-refractivity contribution in [3.8, 4) is 0 Å². The molecule has 1 aromatic carbocycles. The van der Waals surface area contributed by atoms with E-state index in [9.17, 15) is 14.0 Å². The number of carbonyl (C=O) groups excluding carboxylic acids is 2. The van der Waals surface area contributed by atoms with Crippen molar-refractivity contribution >= 4 is 11.8 Å². The Morgan fingerprint density at radius 3 is 2.43 bits per heavy atom. The summed E-state index contributed by atoms with van der Waals surface area (Å²) < 4.78 is 12.9. The summed E-state index contributed by atoms with van der Waals surface area (Å²) in [6.07, 6.45) is 0. The van der Waals surface area contributed by atoms with Gasteiger partial charge in [-0.2, -0.15) is 0 Å². The second kappa shape index (κ2) is 5.84. The van der Waals surface area contributed by atoms with Gasteiger partial charge in [0.2, 0.25) is 5.91 Å². The van der Waals surface area contributed by atoms with E-state index in [0.717, 1.165) is 0 Å². The lowest BCUT2D eigenvalue weighted by Gasteiger charge is -2.47. The van der Waals surface area contributed by atoms with Gasteiger partial charge in [0.1, 0.15) is 18.3 Å². The third-order valence-corrected chi connectivity index (χ3v) is 4.11. The SMILES string of the molecule is CC(C)C1NC(=O)C(C)(c2ccccc2)N(CCF)C1=O. The number of nitrogens with one attached hydrogen (secondary N) is 1. The molecule has 0 aromatic heterocycles. The minimum absolute atomic E-state index is 0.0381. The monoisotopic (exact) mass is 292 g/mol. The maximum Gasteiger partial charge on any atom is 0.251 e. The summed E-state index contributed by atoms with van der Waals surface area (Å²) in [6.45, 7) is 4.64. The van der Waals surface area contributed by atoms with Crippen molar-refractivity contribution in [2.45, 2.75) is 32.4 Å². The maximum absolute atomic E-state index is 12.9. The first-order valence-electron chi connectivity index (χ1n) is 7.17. The zero-order valence-electron chi connectivity index (χ0n) is 12.6. The molecule has 0 radical (unpaired) electrons. The number of amides is 2. The summed E-state index contributed by atoms with van der Waals surface area (Å²) in [5.41, 5.74) is -0.484. The number of hydrogen-bond acceptors (Lipinski definition) is 2. The Balaban J connectivity index is 2.48. The Labute approximate surface area is 124 Å². The van der Waals surface area contributed by atoms with Crippen LogP contribution in [0.1, 0.15) is 26.3 Å². The number of hydrogen-bond donors (Lipinski definition) is 1. The van der Waals surface area contributed by atoms with Gasteiger partial charge >= 0.3 is 0 Å².